The second-order valence-electron chi connectivity index (χ2n) is 10.6. The van der Waals surface area contributed by atoms with E-state index >= 15 is 0 Å². The first-order chi connectivity index (χ1) is 22.1. The van der Waals surface area contributed by atoms with Crippen molar-refractivity contribution < 1.29 is 9.59 Å². The first-order valence-corrected chi connectivity index (χ1v) is 15.3. The lowest BCUT2D eigenvalue weighted by atomic mass is 10.1. The minimum Gasteiger partial charge on any atom is -0.330 e. The number of nitrogens with one attached hydrogen (secondary N) is 2. The van der Waals surface area contributed by atoms with Gasteiger partial charge in [0.15, 0.2) is 0 Å². The van der Waals surface area contributed by atoms with Gasteiger partial charge in [-0.2, -0.15) is 0 Å². The number of fused-ring (bicyclic) bond motifs is 4. The summed E-state index contributed by atoms with van der Waals surface area (Å²) in [6.07, 6.45) is 5.43. The van der Waals surface area contributed by atoms with E-state index in [1.54, 1.807) is 0 Å². The van der Waals surface area contributed by atoms with E-state index in [0.717, 1.165) is 59.4 Å². The molecule has 0 saturated carbocycles. The molecule has 4 N–H and O–H groups in total. The monoisotopic (exact) mass is 598 g/mol. The molecule has 8 nitrogen and oxygen atoms in total. The maximum Gasteiger partial charge on any atom is 0.268 e. The van der Waals surface area contributed by atoms with Crippen molar-refractivity contribution in [3.05, 3.63) is 121 Å². The zero-order valence-corrected chi connectivity index (χ0v) is 25.2. The summed E-state index contributed by atoms with van der Waals surface area (Å²) in [5.74, 6) is -0.591. The summed E-state index contributed by atoms with van der Waals surface area (Å²) in [4.78, 5) is 31.5. The molecule has 0 unspecified atom stereocenters. The Morgan fingerprint density at radius 3 is 1.33 bits per heavy atom. The van der Waals surface area contributed by atoms with Crippen molar-refractivity contribution in [1.29, 1.82) is 0 Å². The van der Waals surface area contributed by atoms with Gasteiger partial charge in [0.25, 0.3) is 11.8 Å². The maximum absolute atomic E-state index is 11.2. The molecule has 0 fully saturated rings. The standard InChI is InChI=1S/2C13H9N.C11H20N4O2/c2*1-3-7-12-10(5-1)9-11-6-2-4-8-13(11)14-12;12-6-3-8-13-7-1-2-9-14-15-10(16)4-5-11(15)17/h2*1-9H;4-5,13-14H,1-3,6-9,12H2. The third-order valence-corrected chi connectivity index (χ3v) is 7.27. The molecule has 6 aromatic rings. The number of carbonyl (C=O) groups is 2. The average molecular weight is 599 g/mol. The average Bonchev–Trinajstić information content (AvgIpc) is 3.40. The first-order valence-electron chi connectivity index (χ1n) is 15.3. The van der Waals surface area contributed by atoms with Crippen molar-refractivity contribution in [1.82, 2.24) is 25.7 Å². The Morgan fingerprint density at radius 1 is 0.533 bits per heavy atom. The number of unbranched alkanes of at least 4 members (excludes halogenated alkanes) is 1. The Labute approximate surface area is 262 Å². The van der Waals surface area contributed by atoms with Crippen LogP contribution in [0.5, 0.6) is 0 Å². The zero-order chi connectivity index (χ0) is 31.3. The number of amides is 2. The molecule has 7 rings (SSSR count). The molecule has 0 saturated heterocycles. The number of hydrazine groups is 1. The number of hydrogen-bond acceptors (Lipinski definition) is 7. The Bertz CT molecular complexity index is 1580. The highest BCUT2D eigenvalue weighted by Gasteiger charge is 2.22. The molecule has 45 heavy (non-hydrogen) atoms. The molecule has 228 valence electrons. The van der Waals surface area contributed by atoms with Crippen molar-refractivity contribution in [2.24, 2.45) is 5.73 Å². The van der Waals surface area contributed by atoms with Crippen LogP contribution in [-0.2, 0) is 9.59 Å². The SMILES string of the molecule is NCCCNCCCCNN1C(=O)C=CC1=O.c1ccc2nc3ccccc3cc2c1.c1ccc2nc3ccccc3cc2c1. The maximum atomic E-state index is 11.2. The molecular formula is C37H38N6O2. The number of imide groups is 1. The van der Waals surface area contributed by atoms with E-state index in [4.69, 9.17) is 5.73 Å². The third-order valence-electron chi connectivity index (χ3n) is 7.27. The van der Waals surface area contributed by atoms with Crippen molar-refractivity contribution >= 4 is 55.4 Å². The van der Waals surface area contributed by atoms with Crippen LogP contribution in [0.1, 0.15) is 19.3 Å². The van der Waals surface area contributed by atoms with Gasteiger partial charge in [0.2, 0.25) is 0 Å². The van der Waals surface area contributed by atoms with Crippen LogP contribution in [0.25, 0.3) is 43.6 Å². The molecule has 0 spiro atoms. The number of para-hydroxylation sites is 4. The van der Waals surface area contributed by atoms with Crippen LogP contribution in [0.15, 0.2) is 121 Å². The van der Waals surface area contributed by atoms with E-state index in [-0.39, 0.29) is 11.8 Å². The Balaban J connectivity index is 0.000000134. The van der Waals surface area contributed by atoms with Crippen molar-refractivity contribution in [2.75, 3.05) is 26.2 Å². The van der Waals surface area contributed by atoms with Gasteiger partial charge in [-0.3, -0.25) is 9.59 Å². The van der Waals surface area contributed by atoms with Crippen molar-refractivity contribution in [3.63, 3.8) is 0 Å². The fraction of sp³-hybridized carbons (Fsp3) is 0.189. The van der Waals surface area contributed by atoms with E-state index in [0.29, 0.717) is 13.1 Å². The van der Waals surface area contributed by atoms with Gasteiger partial charge < -0.3 is 11.1 Å². The van der Waals surface area contributed by atoms with Gasteiger partial charge in [0, 0.05) is 40.2 Å². The lowest BCUT2D eigenvalue weighted by Crippen LogP contribution is -2.43. The molecule has 4 aromatic carbocycles. The molecule has 0 aliphatic carbocycles. The Kier molecular flexibility index (Phi) is 11.3. The molecule has 1 aliphatic heterocycles. The van der Waals surface area contributed by atoms with Crippen LogP contribution >= 0.6 is 0 Å². The quantitative estimate of drug-likeness (QED) is 0.108. The summed E-state index contributed by atoms with van der Waals surface area (Å²) in [6, 6.07) is 37.1. The normalized spacial score (nSPS) is 12.4. The molecule has 2 aromatic heterocycles. The minimum atomic E-state index is -0.295. The number of benzene rings is 4. The van der Waals surface area contributed by atoms with E-state index in [2.05, 4.69) is 57.1 Å². The molecule has 8 heteroatoms. The Morgan fingerprint density at radius 2 is 0.911 bits per heavy atom. The van der Waals surface area contributed by atoms with Crippen molar-refractivity contribution in [3.8, 4) is 0 Å². The van der Waals surface area contributed by atoms with Crippen LogP contribution < -0.4 is 16.5 Å². The predicted octanol–water partition coefficient (Wildman–Crippen LogP) is 5.91. The van der Waals surface area contributed by atoms with Gasteiger partial charge >= 0.3 is 0 Å². The summed E-state index contributed by atoms with van der Waals surface area (Å²) in [5, 5.41) is 9.11. The molecule has 0 radical (unpaired) electrons. The summed E-state index contributed by atoms with van der Waals surface area (Å²) >= 11 is 0. The number of carbonyl (C=O) groups excluding carboxylic acids is 2. The van der Waals surface area contributed by atoms with E-state index in [1.165, 1.54) is 33.7 Å². The summed E-state index contributed by atoms with van der Waals surface area (Å²) < 4.78 is 0. The number of aromatic nitrogens is 2. The largest absolute Gasteiger partial charge is 0.330 e. The second-order valence-corrected chi connectivity index (χ2v) is 10.6. The minimum absolute atomic E-state index is 0.295. The molecule has 2 amide bonds. The van der Waals surface area contributed by atoms with Crippen LogP contribution in [0, 0.1) is 0 Å². The number of nitrogens with zero attached hydrogens (tertiary/aromatic N) is 3. The molecular weight excluding hydrogens is 560 g/mol. The van der Waals surface area contributed by atoms with Crippen LogP contribution in [0.3, 0.4) is 0 Å². The number of pyridine rings is 2. The van der Waals surface area contributed by atoms with Crippen LogP contribution in [-0.4, -0.2) is 53.0 Å². The molecule has 1 aliphatic rings. The lowest BCUT2D eigenvalue weighted by Gasteiger charge is -2.14. The van der Waals surface area contributed by atoms with Gasteiger partial charge in [0.1, 0.15) is 0 Å². The lowest BCUT2D eigenvalue weighted by molar-refractivity contribution is -0.140. The van der Waals surface area contributed by atoms with E-state index in [1.807, 2.05) is 72.8 Å². The highest BCUT2D eigenvalue weighted by Crippen LogP contribution is 2.19. The van der Waals surface area contributed by atoms with Gasteiger partial charge in [-0.1, -0.05) is 72.8 Å². The summed E-state index contributed by atoms with van der Waals surface area (Å²) in [7, 11) is 0. The highest BCUT2D eigenvalue weighted by atomic mass is 16.2. The van der Waals surface area contributed by atoms with Crippen LogP contribution in [0.2, 0.25) is 0 Å². The van der Waals surface area contributed by atoms with Gasteiger partial charge in [0.05, 0.1) is 22.1 Å². The number of hydrogen-bond donors (Lipinski definition) is 3. The molecule has 3 heterocycles. The van der Waals surface area contributed by atoms with E-state index < -0.39 is 0 Å². The molecule has 0 bridgehead atoms. The van der Waals surface area contributed by atoms with E-state index in [9.17, 15) is 9.59 Å². The third kappa shape index (κ3) is 8.77. The summed E-state index contributed by atoms with van der Waals surface area (Å²) in [6.45, 7) is 3.21. The number of rotatable bonds is 9. The van der Waals surface area contributed by atoms with Gasteiger partial charge in [-0.25, -0.2) is 20.4 Å². The second kappa shape index (κ2) is 16.2. The Hall–Kier alpha value is -5.02. The van der Waals surface area contributed by atoms with Gasteiger partial charge in [-0.15, -0.1) is 0 Å². The van der Waals surface area contributed by atoms with Crippen LogP contribution in [0.4, 0.5) is 0 Å². The fourth-order valence-corrected chi connectivity index (χ4v) is 4.91. The summed E-state index contributed by atoms with van der Waals surface area (Å²) in [5.41, 5.74) is 12.4. The highest BCUT2D eigenvalue weighted by molar-refractivity contribution is 6.12. The topological polar surface area (TPSA) is 113 Å². The number of nitrogens with two attached hydrogens (primary N) is 1. The van der Waals surface area contributed by atoms with Crippen molar-refractivity contribution in [2.45, 2.75) is 19.3 Å². The smallest absolute Gasteiger partial charge is 0.268 e. The molecule has 0 atom stereocenters. The zero-order valence-electron chi connectivity index (χ0n) is 25.2. The predicted molar refractivity (Wildman–Crippen MR) is 183 cm³/mol. The van der Waals surface area contributed by atoms with Gasteiger partial charge in [-0.05, 0) is 75.3 Å². The first kappa shape index (κ1) is 31.4. The fourth-order valence-electron chi connectivity index (χ4n) is 4.91.